The first kappa shape index (κ1) is 14.5. The molecule has 2 aromatic heterocycles. The number of aromatic amines is 1. The van der Waals surface area contributed by atoms with Gasteiger partial charge >= 0.3 is 0 Å². The topological polar surface area (TPSA) is 78.0 Å². The van der Waals surface area contributed by atoms with Crippen molar-refractivity contribution in [2.75, 3.05) is 24.5 Å². The minimum atomic E-state index is 0.231. The van der Waals surface area contributed by atoms with Gasteiger partial charge in [-0.05, 0) is 42.7 Å². The van der Waals surface area contributed by atoms with Gasteiger partial charge in [0, 0.05) is 32.1 Å². The molecule has 5 heterocycles. The van der Waals surface area contributed by atoms with E-state index in [-0.39, 0.29) is 5.28 Å². The highest BCUT2D eigenvalue weighted by molar-refractivity contribution is 6.28. The lowest BCUT2D eigenvalue weighted by Gasteiger charge is -2.52. The van der Waals surface area contributed by atoms with E-state index in [9.17, 15) is 4.79 Å². The minimum Gasteiger partial charge on any atom is -0.354 e. The number of aromatic nitrogens is 4. The first-order valence-corrected chi connectivity index (χ1v) is 8.98. The number of carbonyl (C=O) groups is 1. The normalized spacial score (nSPS) is 29.9. The predicted molar refractivity (Wildman–Crippen MR) is 89.9 cm³/mol. The molecule has 8 heteroatoms. The van der Waals surface area contributed by atoms with E-state index in [1.54, 1.807) is 6.33 Å². The van der Waals surface area contributed by atoms with Crippen molar-refractivity contribution in [2.45, 2.75) is 31.7 Å². The maximum Gasteiger partial charge on any atom is 0.226 e. The Kier molecular flexibility index (Phi) is 3.20. The number of H-pyrrole nitrogens is 1. The van der Waals surface area contributed by atoms with Crippen molar-refractivity contribution in [1.29, 1.82) is 0 Å². The lowest BCUT2D eigenvalue weighted by molar-refractivity contribution is -0.142. The van der Waals surface area contributed by atoms with Crippen molar-refractivity contribution in [1.82, 2.24) is 24.8 Å². The van der Waals surface area contributed by atoms with Crippen LogP contribution < -0.4 is 4.90 Å². The van der Waals surface area contributed by atoms with Gasteiger partial charge in [0.1, 0.15) is 5.52 Å². The fourth-order valence-electron chi connectivity index (χ4n) is 4.80. The quantitative estimate of drug-likeness (QED) is 0.797. The second-order valence-electron chi connectivity index (χ2n) is 7.19. The first-order chi connectivity index (χ1) is 11.7. The van der Waals surface area contributed by atoms with Crippen molar-refractivity contribution in [2.24, 2.45) is 11.8 Å². The molecule has 126 valence electrons. The van der Waals surface area contributed by atoms with E-state index in [4.69, 9.17) is 11.6 Å². The molecule has 7 nitrogen and oxygen atoms in total. The second kappa shape index (κ2) is 5.31. The number of carbonyl (C=O) groups excluding carboxylic acids is 1. The van der Waals surface area contributed by atoms with Gasteiger partial charge in [-0.2, -0.15) is 9.97 Å². The van der Waals surface area contributed by atoms with E-state index in [1.165, 1.54) is 6.42 Å². The van der Waals surface area contributed by atoms with E-state index in [1.807, 2.05) is 0 Å². The zero-order valence-electron chi connectivity index (χ0n) is 13.3. The summed E-state index contributed by atoms with van der Waals surface area (Å²) in [5.74, 6) is 2.19. The average molecular weight is 347 g/mol. The standard InChI is InChI=1S/C16H19ClN6O/c17-16-20-14-13(18-8-19-14)15(21-16)22-5-9-4-10(7-22)11-2-1-3-12(24)23(11)6-9/h8-11H,1-7H2,(H,18,19,20,21)/t9-,10-,11?/m0/s1. The molecule has 24 heavy (non-hydrogen) atoms. The summed E-state index contributed by atoms with van der Waals surface area (Å²) in [5, 5.41) is 0.231. The van der Waals surface area contributed by atoms with E-state index in [0.717, 1.165) is 50.2 Å². The molecular formula is C16H19ClN6O. The Morgan fingerprint density at radius 2 is 2.17 bits per heavy atom. The van der Waals surface area contributed by atoms with E-state index < -0.39 is 0 Å². The maximum atomic E-state index is 12.3. The number of rotatable bonds is 1. The number of amides is 1. The lowest BCUT2D eigenvalue weighted by atomic mass is 9.76. The summed E-state index contributed by atoms with van der Waals surface area (Å²) in [7, 11) is 0. The van der Waals surface area contributed by atoms with Crippen LogP contribution in [0.5, 0.6) is 0 Å². The molecule has 1 unspecified atom stereocenters. The van der Waals surface area contributed by atoms with Gasteiger partial charge in [0.05, 0.1) is 6.33 Å². The summed E-state index contributed by atoms with van der Waals surface area (Å²) in [6.07, 6.45) is 5.70. The number of hydrogen-bond donors (Lipinski definition) is 1. The van der Waals surface area contributed by atoms with Crippen LogP contribution >= 0.6 is 11.6 Å². The highest BCUT2D eigenvalue weighted by atomic mass is 35.5. The molecular weight excluding hydrogens is 328 g/mol. The number of imidazole rings is 1. The summed E-state index contributed by atoms with van der Waals surface area (Å²) in [6, 6.07) is 0.389. The fraction of sp³-hybridized carbons (Fsp3) is 0.625. The maximum absolute atomic E-state index is 12.3. The van der Waals surface area contributed by atoms with E-state index in [0.29, 0.717) is 29.4 Å². The van der Waals surface area contributed by atoms with Crippen molar-refractivity contribution in [3.63, 3.8) is 0 Å². The number of anilines is 1. The minimum absolute atomic E-state index is 0.231. The molecule has 3 aliphatic heterocycles. The van der Waals surface area contributed by atoms with Crippen LogP contribution in [-0.4, -0.2) is 56.4 Å². The van der Waals surface area contributed by atoms with Gasteiger partial charge < -0.3 is 14.8 Å². The van der Waals surface area contributed by atoms with Crippen LogP contribution in [0, 0.1) is 11.8 Å². The Hall–Kier alpha value is -1.89. The van der Waals surface area contributed by atoms with Gasteiger partial charge in [-0.3, -0.25) is 4.79 Å². The molecule has 0 saturated carbocycles. The number of fused-ring (bicyclic) bond motifs is 5. The molecule has 0 aromatic carbocycles. The molecule has 0 aliphatic carbocycles. The van der Waals surface area contributed by atoms with Gasteiger partial charge in [-0.1, -0.05) is 0 Å². The Labute approximate surface area is 144 Å². The molecule has 0 spiro atoms. The monoisotopic (exact) mass is 346 g/mol. The van der Waals surface area contributed by atoms with Crippen molar-refractivity contribution < 1.29 is 4.79 Å². The number of halogens is 1. The number of hydrogen-bond acceptors (Lipinski definition) is 5. The van der Waals surface area contributed by atoms with Crippen LogP contribution in [0.4, 0.5) is 5.82 Å². The Morgan fingerprint density at radius 3 is 3.08 bits per heavy atom. The summed E-state index contributed by atoms with van der Waals surface area (Å²) in [5.41, 5.74) is 1.45. The Morgan fingerprint density at radius 1 is 1.25 bits per heavy atom. The largest absolute Gasteiger partial charge is 0.354 e. The average Bonchev–Trinajstić information content (AvgIpc) is 3.03. The summed E-state index contributed by atoms with van der Waals surface area (Å²) in [4.78, 5) is 32.7. The van der Waals surface area contributed by atoms with Crippen LogP contribution in [-0.2, 0) is 4.79 Å². The zero-order valence-corrected chi connectivity index (χ0v) is 14.0. The predicted octanol–water partition coefficient (Wildman–Crippen LogP) is 1.84. The van der Waals surface area contributed by atoms with Gasteiger partial charge in [-0.15, -0.1) is 0 Å². The fourth-order valence-corrected chi connectivity index (χ4v) is 4.96. The van der Waals surface area contributed by atoms with E-state index >= 15 is 0 Å². The van der Waals surface area contributed by atoms with Crippen LogP contribution in [0.3, 0.4) is 0 Å². The van der Waals surface area contributed by atoms with Gasteiger partial charge in [0.15, 0.2) is 11.5 Å². The van der Waals surface area contributed by atoms with Crippen LogP contribution in [0.15, 0.2) is 6.33 Å². The van der Waals surface area contributed by atoms with Crippen molar-refractivity contribution >= 4 is 34.5 Å². The van der Waals surface area contributed by atoms with Crippen molar-refractivity contribution in [3.8, 4) is 0 Å². The molecule has 5 rings (SSSR count). The van der Waals surface area contributed by atoms with Crippen LogP contribution in [0.1, 0.15) is 25.7 Å². The van der Waals surface area contributed by atoms with Gasteiger partial charge in [0.25, 0.3) is 0 Å². The smallest absolute Gasteiger partial charge is 0.226 e. The third-order valence-electron chi connectivity index (χ3n) is 5.72. The lowest BCUT2D eigenvalue weighted by Crippen LogP contribution is -2.60. The summed E-state index contributed by atoms with van der Waals surface area (Å²) >= 11 is 6.09. The molecule has 3 atom stereocenters. The molecule has 0 radical (unpaired) electrons. The second-order valence-corrected chi connectivity index (χ2v) is 7.53. The van der Waals surface area contributed by atoms with Gasteiger partial charge in [0.2, 0.25) is 11.2 Å². The number of piperidine rings is 3. The molecule has 3 fully saturated rings. The molecule has 3 saturated heterocycles. The SMILES string of the molecule is O=C1CCCC2[C@H]3C[C@@H](CN(c4nc(Cl)nc5nc[nH]c45)C3)CN12. The van der Waals surface area contributed by atoms with Gasteiger partial charge in [-0.25, -0.2) is 4.98 Å². The Balaban J connectivity index is 1.49. The molecule has 1 N–H and O–H groups in total. The number of nitrogens with one attached hydrogen (secondary N) is 1. The molecule has 2 aromatic rings. The summed E-state index contributed by atoms with van der Waals surface area (Å²) in [6.45, 7) is 2.68. The highest BCUT2D eigenvalue weighted by Crippen LogP contribution is 2.39. The number of nitrogens with zero attached hydrogens (tertiary/aromatic N) is 5. The van der Waals surface area contributed by atoms with Crippen LogP contribution in [0.2, 0.25) is 5.28 Å². The molecule has 2 bridgehead atoms. The Bertz CT molecular complexity index is 807. The first-order valence-electron chi connectivity index (χ1n) is 8.60. The zero-order chi connectivity index (χ0) is 16.3. The third-order valence-corrected chi connectivity index (χ3v) is 5.89. The highest BCUT2D eigenvalue weighted by Gasteiger charge is 2.44. The van der Waals surface area contributed by atoms with Crippen LogP contribution in [0.25, 0.3) is 11.2 Å². The molecule has 1 amide bonds. The van der Waals surface area contributed by atoms with Crippen molar-refractivity contribution in [3.05, 3.63) is 11.6 Å². The molecule has 3 aliphatic rings. The third kappa shape index (κ3) is 2.17. The van der Waals surface area contributed by atoms with E-state index in [2.05, 4.69) is 29.7 Å². The summed E-state index contributed by atoms with van der Waals surface area (Å²) < 4.78 is 0.